The second-order valence-corrected chi connectivity index (χ2v) is 10.2. The first-order valence-corrected chi connectivity index (χ1v) is 12.3. The van der Waals surface area contributed by atoms with Crippen LogP contribution in [0.2, 0.25) is 0 Å². The average Bonchev–Trinajstić information content (AvgIpc) is 3.35. The van der Waals surface area contributed by atoms with Crippen molar-refractivity contribution in [3.8, 4) is 21.9 Å². The van der Waals surface area contributed by atoms with Crippen LogP contribution in [0.25, 0.3) is 10.4 Å². The van der Waals surface area contributed by atoms with Gasteiger partial charge >= 0.3 is 0 Å². The lowest BCUT2D eigenvalue weighted by atomic mass is 9.78. The van der Waals surface area contributed by atoms with E-state index < -0.39 is 0 Å². The van der Waals surface area contributed by atoms with Gasteiger partial charge in [0.15, 0.2) is 11.5 Å². The molecule has 0 atom stereocenters. The summed E-state index contributed by atoms with van der Waals surface area (Å²) in [6, 6.07) is 15.3. The number of thiazole rings is 1. The number of anilines is 1. The Bertz CT molecular complexity index is 1070. The molecule has 0 radical (unpaired) electrons. The van der Waals surface area contributed by atoms with E-state index in [1.54, 1.807) is 0 Å². The summed E-state index contributed by atoms with van der Waals surface area (Å²) in [6.07, 6.45) is 9.70. The minimum absolute atomic E-state index is 0.350. The molecule has 5 heteroatoms. The summed E-state index contributed by atoms with van der Waals surface area (Å²) in [7, 11) is 0. The highest BCUT2D eigenvalue weighted by atomic mass is 32.1. The predicted molar refractivity (Wildman–Crippen MR) is 125 cm³/mol. The van der Waals surface area contributed by atoms with Gasteiger partial charge in [0.2, 0.25) is 6.79 Å². The summed E-state index contributed by atoms with van der Waals surface area (Å²) >= 11 is 1.86. The summed E-state index contributed by atoms with van der Waals surface area (Å²) in [5.74, 6) is 3.89. The Kier molecular flexibility index (Phi) is 5.07. The molecule has 1 aromatic heterocycles. The number of rotatable bonds is 6. The van der Waals surface area contributed by atoms with Gasteiger partial charge in [-0.1, -0.05) is 18.2 Å². The van der Waals surface area contributed by atoms with Gasteiger partial charge in [-0.3, -0.25) is 0 Å². The second-order valence-electron chi connectivity index (χ2n) is 9.13. The molecule has 0 spiro atoms. The zero-order valence-electron chi connectivity index (χ0n) is 17.7. The Morgan fingerprint density at radius 1 is 0.903 bits per heavy atom. The first-order chi connectivity index (χ1) is 15.3. The summed E-state index contributed by atoms with van der Waals surface area (Å²) in [5.41, 5.74) is 3.90. The number of benzene rings is 2. The molecular formula is C26H28N2O2S. The van der Waals surface area contributed by atoms with Gasteiger partial charge in [0.25, 0.3) is 0 Å². The molecule has 0 bridgehead atoms. The SMILES string of the molecule is c1cc(NCC2CCC(c3ccc4c(c3)OCO4)CC2)cc(-c2cnc(C3CC3)s2)c1. The zero-order chi connectivity index (χ0) is 20.6. The normalized spacial score (nSPS) is 22.5. The molecule has 6 rings (SSSR count). The minimum Gasteiger partial charge on any atom is -0.454 e. The van der Waals surface area contributed by atoms with Crippen molar-refractivity contribution in [2.75, 3.05) is 18.7 Å². The van der Waals surface area contributed by atoms with Gasteiger partial charge in [-0.05, 0) is 85.8 Å². The molecule has 0 unspecified atom stereocenters. The van der Waals surface area contributed by atoms with Crippen LogP contribution in [0.1, 0.15) is 60.9 Å². The van der Waals surface area contributed by atoms with Crippen molar-refractivity contribution in [2.45, 2.75) is 50.4 Å². The van der Waals surface area contributed by atoms with Gasteiger partial charge in [0.05, 0.1) is 9.88 Å². The highest BCUT2D eigenvalue weighted by molar-refractivity contribution is 7.15. The smallest absolute Gasteiger partial charge is 0.231 e. The van der Waals surface area contributed by atoms with Gasteiger partial charge in [-0.25, -0.2) is 4.98 Å². The summed E-state index contributed by atoms with van der Waals surface area (Å²) in [4.78, 5) is 5.92. The number of fused-ring (bicyclic) bond motifs is 1. The summed E-state index contributed by atoms with van der Waals surface area (Å²) in [6.45, 7) is 1.40. The molecule has 2 saturated carbocycles. The van der Waals surface area contributed by atoms with Crippen molar-refractivity contribution >= 4 is 17.0 Å². The standard InChI is InChI=1S/C26H28N2O2S/c1-2-21(25-15-28-26(31-25)19-8-9-19)12-22(3-1)27-14-17-4-6-18(7-5-17)20-10-11-23-24(13-20)30-16-29-23/h1-3,10-13,15,17-19,27H,4-9,14,16H2. The van der Waals surface area contributed by atoms with Crippen molar-refractivity contribution in [2.24, 2.45) is 5.92 Å². The third-order valence-electron chi connectivity index (χ3n) is 6.91. The maximum absolute atomic E-state index is 5.56. The van der Waals surface area contributed by atoms with Crippen molar-refractivity contribution in [3.63, 3.8) is 0 Å². The lowest BCUT2D eigenvalue weighted by Crippen LogP contribution is -2.20. The van der Waals surface area contributed by atoms with E-state index in [1.807, 2.05) is 11.3 Å². The Morgan fingerprint density at radius 3 is 2.61 bits per heavy atom. The molecular weight excluding hydrogens is 404 g/mol. The number of hydrogen-bond donors (Lipinski definition) is 1. The molecule has 0 amide bonds. The molecule has 3 aromatic rings. The van der Waals surface area contributed by atoms with Crippen LogP contribution in [0, 0.1) is 5.92 Å². The van der Waals surface area contributed by atoms with E-state index in [0.717, 1.165) is 29.9 Å². The molecule has 2 aliphatic carbocycles. The van der Waals surface area contributed by atoms with Gasteiger partial charge < -0.3 is 14.8 Å². The number of aromatic nitrogens is 1. The minimum atomic E-state index is 0.350. The zero-order valence-corrected chi connectivity index (χ0v) is 18.5. The largest absolute Gasteiger partial charge is 0.454 e. The van der Waals surface area contributed by atoms with Gasteiger partial charge in [-0.2, -0.15) is 0 Å². The van der Waals surface area contributed by atoms with E-state index in [2.05, 4.69) is 59.0 Å². The van der Waals surface area contributed by atoms with Crippen LogP contribution in [-0.2, 0) is 0 Å². The molecule has 2 heterocycles. The number of nitrogens with one attached hydrogen (secondary N) is 1. The monoisotopic (exact) mass is 432 g/mol. The number of hydrogen-bond acceptors (Lipinski definition) is 5. The van der Waals surface area contributed by atoms with Crippen LogP contribution in [0.15, 0.2) is 48.7 Å². The maximum atomic E-state index is 5.56. The van der Waals surface area contributed by atoms with Gasteiger partial charge in [0, 0.05) is 24.3 Å². The highest BCUT2D eigenvalue weighted by Gasteiger charge is 2.27. The Balaban J connectivity index is 1.04. The first-order valence-electron chi connectivity index (χ1n) is 11.5. The summed E-state index contributed by atoms with van der Waals surface area (Å²) < 4.78 is 11.0. The molecule has 2 fully saturated rings. The van der Waals surface area contributed by atoms with Crippen molar-refractivity contribution in [1.29, 1.82) is 0 Å². The molecule has 0 saturated heterocycles. The van der Waals surface area contributed by atoms with E-state index in [9.17, 15) is 0 Å². The fourth-order valence-corrected chi connectivity index (χ4v) is 5.93. The maximum Gasteiger partial charge on any atom is 0.231 e. The molecule has 160 valence electrons. The van der Waals surface area contributed by atoms with Crippen molar-refractivity contribution < 1.29 is 9.47 Å². The fraction of sp³-hybridized carbons (Fsp3) is 0.423. The fourth-order valence-electron chi connectivity index (χ4n) is 4.85. The predicted octanol–water partition coefficient (Wildman–Crippen LogP) is 6.80. The van der Waals surface area contributed by atoms with Crippen molar-refractivity contribution in [1.82, 2.24) is 4.98 Å². The third-order valence-corrected chi connectivity index (χ3v) is 8.12. The van der Waals surface area contributed by atoms with E-state index in [4.69, 9.17) is 9.47 Å². The van der Waals surface area contributed by atoms with Crippen LogP contribution in [0.4, 0.5) is 5.69 Å². The highest BCUT2D eigenvalue weighted by Crippen LogP contribution is 2.44. The van der Waals surface area contributed by atoms with E-state index in [-0.39, 0.29) is 0 Å². The van der Waals surface area contributed by atoms with E-state index in [0.29, 0.717) is 12.7 Å². The third kappa shape index (κ3) is 4.16. The Labute approximate surface area is 187 Å². The topological polar surface area (TPSA) is 43.4 Å². The van der Waals surface area contributed by atoms with Crippen LogP contribution in [0.3, 0.4) is 0 Å². The lowest BCUT2D eigenvalue weighted by molar-refractivity contribution is 0.174. The second kappa shape index (κ2) is 8.19. The molecule has 1 N–H and O–H groups in total. The van der Waals surface area contributed by atoms with Crippen molar-refractivity contribution in [3.05, 3.63) is 59.2 Å². The average molecular weight is 433 g/mol. The molecule has 4 nitrogen and oxygen atoms in total. The lowest BCUT2D eigenvalue weighted by Gasteiger charge is -2.29. The van der Waals surface area contributed by atoms with Gasteiger partial charge in [0.1, 0.15) is 0 Å². The molecule has 3 aliphatic rings. The van der Waals surface area contributed by atoms with E-state index >= 15 is 0 Å². The van der Waals surface area contributed by atoms with Crippen LogP contribution in [0.5, 0.6) is 11.5 Å². The molecule has 2 aromatic carbocycles. The number of nitrogens with zero attached hydrogens (tertiary/aromatic N) is 1. The first kappa shape index (κ1) is 19.2. The molecule has 31 heavy (non-hydrogen) atoms. The van der Waals surface area contributed by atoms with Crippen LogP contribution < -0.4 is 14.8 Å². The Hall–Kier alpha value is -2.53. The summed E-state index contributed by atoms with van der Waals surface area (Å²) in [5, 5.41) is 5.02. The van der Waals surface area contributed by atoms with Crippen LogP contribution in [-0.4, -0.2) is 18.3 Å². The Morgan fingerprint density at radius 2 is 1.74 bits per heavy atom. The number of ether oxygens (including phenoxy) is 2. The van der Waals surface area contributed by atoms with E-state index in [1.165, 1.54) is 65.2 Å². The van der Waals surface area contributed by atoms with Gasteiger partial charge in [-0.15, -0.1) is 11.3 Å². The quantitative estimate of drug-likeness (QED) is 0.465. The van der Waals surface area contributed by atoms with Crippen LogP contribution >= 0.6 is 11.3 Å². The molecule has 1 aliphatic heterocycles.